The van der Waals surface area contributed by atoms with Crippen LogP contribution in [-0.2, 0) is 0 Å². The third kappa shape index (κ3) is 2.27. The average molecular weight is 277 g/mol. The van der Waals surface area contributed by atoms with Crippen molar-refractivity contribution in [3.63, 3.8) is 0 Å². The second-order valence-electron chi connectivity index (χ2n) is 3.98. The summed E-state index contributed by atoms with van der Waals surface area (Å²) in [4.78, 5) is 5.52. The highest BCUT2D eigenvalue weighted by Gasteiger charge is 2.10. The zero-order valence-electron chi connectivity index (χ0n) is 9.95. The minimum atomic E-state index is 0.654. The molecule has 0 amide bonds. The first-order valence-electron chi connectivity index (χ1n) is 5.69. The molecule has 3 nitrogen and oxygen atoms in total. The number of aromatic nitrogens is 2. The van der Waals surface area contributed by atoms with Gasteiger partial charge in [-0.05, 0) is 36.2 Å². The molecule has 3 rings (SSSR count). The van der Waals surface area contributed by atoms with E-state index < -0.39 is 0 Å². The minimum absolute atomic E-state index is 0.654. The number of hydrogen-bond donors (Lipinski definition) is 0. The fourth-order valence-electron chi connectivity index (χ4n) is 1.88. The van der Waals surface area contributed by atoms with E-state index in [1.54, 1.807) is 24.2 Å². The van der Waals surface area contributed by atoms with Crippen LogP contribution in [0, 0.1) is 11.3 Å². The van der Waals surface area contributed by atoms with Crippen LogP contribution in [0.25, 0.3) is 11.0 Å². The van der Waals surface area contributed by atoms with E-state index in [-0.39, 0.29) is 0 Å². The second kappa shape index (κ2) is 5.11. The highest BCUT2D eigenvalue weighted by atomic mass is 32.2. The van der Waals surface area contributed by atoms with Crippen molar-refractivity contribution in [1.82, 2.24) is 8.96 Å². The molecule has 0 aliphatic heterocycles. The van der Waals surface area contributed by atoms with E-state index in [2.05, 4.69) is 39.5 Å². The predicted molar refractivity (Wildman–Crippen MR) is 77.5 cm³/mol. The Kier molecular flexibility index (Phi) is 3.31. The molecule has 2 heterocycles. The van der Waals surface area contributed by atoms with Gasteiger partial charge in [0.1, 0.15) is 5.65 Å². The molecule has 0 aliphatic rings. The van der Waals surface area contributed by atoms with Gasteiger partial charge in [-0.2, -0.15) is 5.26 Å². The van der Waals surface area contributed by atoms with Gasteiger partial charge in [0.25, 0.3) is 0 Å². The Morgan fingerprint density at radius 1 is 1.21 bits per heavy atom. The predicted octanol–water partition coefficient (Wildman–Crippen LogP) is 2.26. The Morgan fingerprint density at radius 3 is 2.74 bits per heavy atom. The first kappa shape index (κ1) is 12.3. The molecule has 0 saturated carbocycles. The maximum absolute atomic E-state index is 9.12. The number of nitrogens with zero attached hydrogens (tertiary/aromatic N) is 3. The number of fused-ring (bicyclic) bond motifs is 1. The Labute approximate surface area is 123 Å². The van der Waals surface area contributed by atoms with E-state index in [4.69, 9.17) is 5.26 Å². The minimum Gasteiger partial charge on any atom is -0.287 e. The second-order valence-corrected chi connectivity index (χ2v) is 5.59. The quantitative estimate of drug-likeness (QED) is 0.675. The standard InChI is InChI=1S/C14H8N3S.Al/c15-10-11-6-8-16-14-13(11)7-9-17(14)18-12-4-2-1-3-5-12;/h1-8H;. The molecule has 3 aromatic rings. The van der Waals surface area contributed by atoms with Gasteiger partial charge < -0.3 is 0 Å². The van der Waals surface area contributed by atoms with E-state index in [9.17, 15) is 0 Å². The largest absolute Gasteiger partial charge is 0.287 e. The van der Waals surface area contributed by atoms with Gasteiger partial charge in [0.05, 0.1) is 11.6 Å². The first-order chi connectivity index (χ1) is 9.29. The Balaban J connectivity index is 2.15. The molecule has 0 atom stereocenters. The lowest BCUT2D eigenvalue weighted by molar-refractivity contribution is 1.27. The Hall–Kier alpha value is -1.72. The lowest BCUT2D eigenvalue weighted by atomic mass is 10.2. The summed E-state index contributed by atoms with van der Waals surface area (Å²) in [5.74, 6) is 0. The van der Waals surface area contributed by atoms with Gasteiger partial charge in [-0.3, -0.25) is 3.97 Å². The molecule has 0 unspecified atom stereocenters. The topological polar surface area (TPSA) is 41.6 Å². The molecule has 88 valence electrons. The molecule has 2 radical (unpaired) electrons. The smallest absolute Gasteiger partial charge is 0.208 e. The number of nitriles is 1. The zero-order chi connectivity index (χ0) is 13.2. The van der Waals surface area contributed by atoms with Gasteiger partial charge in [-0.1, -0.05) is 22.8 Å². The molecular formula is C14H8AlN3S. The van der Waals surface area contributed by atoms with Crippen molar-refractivity contribution in [2.75, 3.05) is 0 Å². The molecular weight excluding hydrogens is 269 g/mol. The van der Waals surface area contributed by atoms with Crippen molar-refractivity contribution in [3.8, 4) is 6.07 Å². The fourth-order valence-corrected chi connectivity index (χ4v) is 3.20. The maximum atomic E-state index is 9.12. The summed E-state index contributed by atoms with van der Waals surface area (Å²) in [6, 6.07) is 16.0. The van der Waals surface area contributed by atoms with E-state index in [0.717, 1.165) is 20.5 Å². The Bertz CT molecular complexity index is 774. The van der Waals surface area contributed by atoms with E-state index >= 15 is 0 Å². The summed E-state index contributed by atoms with van der Waals surface area (Å²) >= 11 is 4.29. The summed E-state index contributed by atoms with van der Waals surface area (Å²) in [5, 5.41) is 10.0. The summed E-state index contributed by atoms with van der Waals surface area (Å²) < 4.78 is 3.02. The average Bonchev–Trinajstić information content (AvgIpc) is 2.76. The summed E-state index contributed by atoms with van der Waals surface area (Å²) in [5.41, 5.74) is 1.47. The lowest BCUT2D eigenvalue weighted by Gasteiger charge is -2.07. The van der Waals surface area contributed by atoms with Crippen molar-refractivity contribution >= 4 is 43.8 Å². The number of hydrogen-bond acceptors (Lipinski definition) is 3. The zero-order valence-corrected chi connectivity index (χ0v) is 11.9. The van der Waals surface area contributed by atoms with Gasteiger partial charge >= 0.3 is 0 Å². The lowest BCUT2D eigenvalue weighted by Crippen LogP contribution is -2.11. The molecule has 1 aromatic carbocycles. The molecule has 0 N–H and O–H groups in total. The first-order valence-corrected chi connectivity index (χ1v) is 7.04. The molecule has 5 heteroatoms. The number of benzene rings is 1. The van der Waals surface area contributed by atoms with Crippen molar-refractivity contribution in [1.29, 1.82) is 5.26 Å². The van der Waals surface area contributed by atoms with Crippen molar-refractivity contribution in [3.05, 3.63) is 54.2 Å². The molecule has 2 aromatic heterocycles. The molecule has 0 saturated heterocycles. The van der Waals surface area contributed by atoms with Crippen LogP contribution in [-0.4, -0.2) is 25.2 Å². The van der Waals surface area contributed by atoms with E-state index in [1.165, 1.54) is 0 Å². The summed E-state index contributed by atoms with van der Waals surface area (Å²) in [6.07, 6.45) is 1.67. The molecule has 0 fully saturated rings. The van der Waals surface area contributed by atoms with E-state index in [0.29, 0.717) is 5.56 Å². The van der Waals surface area contributed by atoms with Gasteiger partial charge in [0.2, 0.25) is 16.3 Å². The van der Waals surface area contributed by atoms with Gasteiger partial charge in [-0.15, -0.1) is 0 Å². The fraction of sp³-hybridized carbons (Fsp3) is 0. The van der Waals surface area contributed by atoms with Crippen molar-refractivity contribution < 1.29 is 0 Å². The van der Waals surface area contributed by atoms with Crippen LogP contribution >= 0.6 is 11.9 Å². The van der Waals surface area contributed by atoms with Crippen molar-refractivity contribution in [2.24, 2.45) is 0 Å². The highest BCUT2D eigenvalue weighted by Crippen LogP contribution is 2.25. The third-order valence-electron chi connectivity index (χ3n) is 2.75. The SMILES string of the molecule is N#Cc1ccnc2c1c[c]([Al])n2Sc1ccccc1. The number of pyridine rings is 1. The summed E-state index contributed by atoms with van der Waals surface area (Å²) in [6.45, 7) is 0. The van der Waals surface area contributed by atoms with Crippen LogP contribution < -0.4 is 4.56 Å². The molecule has 0 spiro atoms. The van der Waals surface area contributed by atoms with Gasteiger partial charge in [-0.25, -0.2) is 4.98 Å². The molecule has 19 heavy (non-hydrogen) atoms. The van der Waals surface area contributed by atoms with E-state index in [1.807, 2.05) is 28.2 Å². The monoisotopic (exact) mass is 277 g/mol. The van der Waals surface area contributed by atoms with Crippen LogP contribution in [0.5, 0.6) is 0 Å². The van der Waals surface area contributed by atoms with Crippen molar-refractivity contribution in [2.45, 2.75) is 4.90 Å². The molecule has 0 aliphatic carbocycles. The maximum Gasteiger partial charge on any atom is 0.208 e. The summed E-state index contributed by atoms with van der Waals surface area (Å²) in [7, 11) is 0. The highest BCUT2D eigenvalue weighted by molar-refractivity contribution is 7.98. The third-order valence-corrected chi connectivity index (χ3v) is 4.41. The van der Waals surface area contributed by atoms with Crippen LogP contribution in [0.1, 0.15) is 5.56 Å². The van der Waals surface area contributed by atoms with Crippen LogP contribution in [0.15, 0.2) is 53.6 Å². The van der Waals surface area contributed by atoms with Gasteiger partial charge in [0.15, 0.2) is 0 Å². The van der Waals surface area contributed by atoms with Crippen LogP contribution in [0.2, 0.25) is 0 Å². The van der Waals surface area contributed by atoms with Gasteiger partial charge in [0, 0.05) is 16.5 Å². The van der Waals surface area contributed by atoms with Crippen LogP contribution in [0.4, 0.5) is 0 Å². The number of rotatable bonds is 2. The molecule has 0 bridgehead atoms. The normalized spacial score (nSPS) is 10.5. The Morgan fingerprint density at radius 2 is 2.00 bits per heavy atom. The van der Waals surface area contributed by atoms with Crippen LogP contribution in [0.3, 0.4) is 0 Å².